The summed E-state index contributed by atoms with van der Waals surface area (Å²) >= 11 is 0. The zero-order valence-electron chi connectivity index (χ0n) is 7.35. The number of carbonyl (C=O) groups is 1. The maximum absolute atomic E-state index is 13.0. The van der Waals surface area contributed by atoms with E-state index in [0.717, 1.165) is 6.92 Å². The molecule has 1 aromatic rings. The normalized spacial score (nSPS) is 12.6. The fourth-order valence-corrected chi connectivity index (χ4v) is 1.02. The molecule has 1 atom stereocenters. The van der Waals surface area contributed by atoms with Crippen LogP contribution >= 0.6 is 0 Å². The van der Waals surface area contributed by atoms with Crippen LogP contribution in [0.2, 0.25) is 0 Å². The molecule has 0 saturated carbocycles. The molecule has 0 fully saturated rings. The van der Waals surface area contributed by atoms with Crippen LogP contribution in [0.25, 0.3) is 0 Å². The predicted octanol–water partition coefficient (Wildman–Crippen LogP) is 1.69. The summed E-state index contributed by atoms with van der Waals surface area (Å²) in [5, 5.41) is 0. The lowest BCUT2D eigenvalue weighted by molar-refractivity contribution is -0.118. The second-order valence-corrected chi connectivity index (χ2v) is 2.88. The Kier molecular flexibility index (Phi) is 2.90. The Labute approximate surface area is 78.5 Å². The van der Waals surface area contributed by atoms with E-state index < -0.39 is 34.8 Å². The van der Waals surface area contributed by atoms with Gasteiger partial charge in [0.2, 0.25) is 0 Å². The number of halogens is 3. The van der Waals surface area contributed by atoms with Crippen molar-refractivity contribution < 1.29 is 18.0 Å². The van der Waals surface area contributed by atoms with E-state index in [1.54, 1.807) is 0 Å². The number of hydrogen-bond acceptors (Lipinski definition) is 2. The van der Waals surface area contributed by atoms with E-state index in [1.165, 1.54) is 0 Å². The molecule has 14 heavy (non-hydrogen) atoms. The lowest BCUT2D eigenvalue weighted by atomic mass is 10.0. The summed E-state index contributed by atoms with van der Waals surface area (Å²) in [4.78, 5) is 10.8. The standard InChI is InChI=1S/C9H8F3NO/c1-4(14)9(13)6-2-5(10)3-7(11)8(6)12/h2-3,9H,13H2,1H3. The first-order valence-electron chi connectivity index (χ1n) is 3.84. The molecule has 76 valence electrons. The monoisotopic (exact) mass is 203 g/mol. The second-order valence-electron chi connectivity index (χ2n) is 2.88. The van der Waals surface area contributed by atoms with Gasteiger partial charge in [0.25, 0.3) is 0 Å². The van der Waals surface area contributed by atoms with Crippen molar-refractivity contribution in [3.8, 4) is 0 Å². The van der Waals surface area contributed by atoms with Crippen molar-refractivity contribution in [2.75, 3.05) is 0 Å². The van der Waals surface area contributed by atoms with Gasteiger partial charge in [-0.1, -0.05) is 0 Å². The van der Waals surface area contributed by atoms with Crippen LogP contribution < -0.4 is 5.73 Å². The Balaban J connectivity index is 3.26. The smallest absolute Gasteiger partial charge is 0.164 e. The van der Waals surface area contributed by atoms with Gasteiger partial charge in [-0.05, 0) is 13.0 Å². The molecular weight excluding hydrogens is 195 g/mol. The van der Waals surface area contributed by atoms with Crippen molar-refractivity contribution in [2.45, 2.75) is 13.0 Å². The van der Waals surface area contributed by atoms with Gasteiger partial charge in [0, 0.05) is 11.6 Å². The van der Waals surface area contributed by atoms with E-state index in [2.05, 4.69) is 0 Å². The average Bonchev–Trinajstić information content (AvgIpc) is 2.09. The molecule has 0 radical (unpaired) electrons. The molecule has 0 spiro atoms. The fraction of sp³-hybridized carbons (Fsp3) is 0.222. The average molecular weight is 203 g/mol. The molecule has 1 unspecified atom stereocenters. The lowest BCUT2D eigenvalue weighted by Gasteiger charge is -2.09. The van der Waals surface area contributed by atoms with E-state index in [-0.39, 0.29) is 0 Å². The highest BCUT2D eigenvalue weighted by atomic mass is 19.2. The van der Waals surface area contributed by atoms with Gasteiger partial charge in [0.05, 0.1) is 6.04 Å². The predicted molar refractivity (Wildman–Crippen MR) is 43.9 cm³/mol. The Morgan fingerprint density at radius 2 is 1.93 bits per heavy atom. The zero-order chi connectivity index (χ0) is 10.9. The van der Waals surface area contributed by atoms with Crippen molar-refractivity contribution >= 4 is 5.78 Å². The van der Waals surface area contributed by atoms with E-state index in [9.17, 15) is 18.0 Å². The van der Waals surface area contributed by atoms with Crippen LogP contribution in [0.1, 0.15) is 18.5 Å². The van der Waals surface area contributed by atoms with Gasteiger partial charge in [-0.25, -0.2) is 13.2 Å². The Hall–Kier alpha value is -1.36. The molecule has 0 aliphatic carbocycles. The first-order valence-corrected chi connectivity index (χ1v) is 3.84. The largest absolute Gasteiger partial charge is 0.318 e. The molecule has 0 aliphatic heterocycles. The number of carbonyl (C=O) groups excluding carboxylic acids is 1. The van der Waals surface area contributed by atoms with Gasteiger partial charge in [0.1, 0.15) is 5.82 Å². The summed E-state index contributed by atoms with van der Waals surface area (Å²) in [6.07, 6.45) is 0. The van der Waals surface area contributed by atoms with Crippen molar-refractivity contribution in [1.82, 2.24) is 0 Å². The maximum Gasteiger partial charge on any atom is 0.164 e. The first kappa shape index (κ1) is 10.7. The molecule has 1 aromatic carbocycles. The highest BCUT2D eigenvalue weighted by molar-refractivity contribution is 5.82. The van der Waals surface area contributed by atoms with Crippen LogP contribution in [0.4, 0.5) is 13.2 Å². The number of nitrogens with two attached hydrogens (primary N) is 1. The van der Waals surface area contributed by atoms with Gasteiger partial charge in [0.15, 0.2) is 17.4 Å². The summed E-state index contributed by atoms with van der Waals surface area (Å²) in [6, 6.07) is -0.226. The Morgan fingerprint density at radius 3 is 2.43 bits per heavy atom. The van der Waals surface area contributed by atoms with Gasteiger partial charge in [-0.3, -0.25) is 4.79 Å². The number of Topliss-reactive ketones (excluding diaryl/α,β-unsaturated/α-hetero) is 1. The summed E-state index contributed by atoms with van der Waals surface area (Å²) in [6.45, 7) is 1.12. The lowest BCUT2D eigenvalue weighted by Crippen LogP contribution is -2.20. The van der Waals surface area contributed by atoms with Gasteiger partial charge >= 0.3 is 0 Å². The van der Waals surface area contributed by atoms with Gasteiger partial charge < -0.3 is 5.73 Å². The van der Waals surface area contributed by atoms with Crippen LogP contribution in [0.5, 0.6) is 0 Å². The zero-order valence-corrected chi connectivity index (χ0v) is 7.35. The minimum atomic E-state index is -1.35. The Bertz CT molecular complexity index is 379. The van der Waals surface area contributed by atoms with Crippen LogP contribution in [0, 0.1) is 17.5 Å². The molecule has 2 nitrogen and oxygen atoms in total. The molecule has 0 aliphatic rings. The van der Waals surface area contributed by atoms with Crippen molar-refractivity contribution in [3.63, 3.8) is 0 Å². The third-order valence-electron chi connectivity index (χ3n) is 1.79. The maximum atomic E-state index is 13.0. The number of benzene rings is 1. The minimum absolute atomic E-state index is 0.395. The molecule has 0 amide bonds. The molecule has 5 heteroatoms. The second kappa shape index (κ2) is 3.79. The van der Waals surface area contributed by atoms with Gasteiger partial charge in [-0.15, -0.1) is 0 Å². The molecule has 2 N–H and O–H groups in total. The van der Waals surface area contributed by atoms with E-state index in [1.807, 2.05) is 0 Å². The topological polar surface area (TPSA) is 43.1 Å². The first-order chi connectivity index (χ1) is 6.43. The number of hydrogen-bond donors (Lipinski definition) is 1. The van der Waals surface area contributed by atoms with E-state index in [4.69, 9.17) is 5.73 Å². The summed E-state index contributed by atoms with van der Waals surface area (Å²) in [5.41, 5.74) is 4.79. The minimum Gasteiger partial charge on any atom is -0.318 e. The van der Waals surface area contributed by atoms with Crippen molar-refractivity contribution in [3.05, 3.63) is 35.1 Å². The number of ketones is 1. The molecule has 1 rings (SSSR count). The number of rotatable bonds is 2. The molecule has 0 saturated heterocycles. The SMILES string of the molecule is CC(=O)C(N)c1cc(F)cc(F)c1F. The fourth-order valence-electron chi connectivity index (χ4n) is 1.02. The highest BCUT2D eigenvalue weighted by Crippen LogP contribution is 2.19. The Morgan fingerprint density at radius 1 is 1.36 bits per heavy atom. The molecular formula is C9H8F3NO. The van der Waals surface area contributed by atoms with Crippen LogP contribution in [0.3, 0.4) is 0 Å². The summed E-state index contributed by atoms with van der Waals surface area (Å²) in [5.74, 6) is -4.16. The van der Waals surface area contributed by atoms with E-state index >= 15 is 0 Å². The van der Waals surface area contributed by atoms with Crippen molar-refractivity contribution in [1.29, 1.82) is 0 Å². The molecule has 0 bridgehead atoms. The van der Waals surface area contributed by atoms with Gasteiger partial charge in [-0.2, -0.15) is 0 Å². The summed E-state index contributed by atoms with van der Waals surface area (Å²) < 4.78 is 38.4. The van der Waals surface area contributed by atoms with Crippen molar-refractivity contribution in [2.24, 2.45) is 5.73 Å². The third kappa shape index (κ3) is 1.93. The molecule has 0 aromatic heterocycles. The highest BCUT2D eigenvalue weighted by Gasteiger charge is 2.19. The summed E-state index contributed by atoms with van der Waals surface area (Å²) in [7, 11) is 0. The third-order valence-corrected chi connectivity index (χ3v) is 1.79. The van der Waals surface area contributed by atoms with E-state index in [0.29, 0.717) is 12.1 Å². The van der Waals surface area contributed by atoms with Crippen LogP contribution in [-0.4, -0.2) is 5.78 Å². The quantitative estimate of drug-likeness (QED) is 0.743. The van der Waals surface area contributed by atoms with Crippen LogP contribution in [0.15, 0.2) is 12.1 Å². The molecule has 0 heterocycles. The van der Waals surface area contributed by atoms with Crippen LogP contribution in [-0.2, 0) is 4.79 Å².